The van der Waals surface area contributed by atoms with Crippen molar-refractivity contribution in [3.8, 4) is 0 Å². The van der Waals surface area contributed by atoms with E-state index in [0.717, 1.165) is 21.5 Å². The summed E-state index contributed by atoms with van der Waals surface area (Å²) in [5.41, 5.74) is 0.161. The number of hydrogen-bond donors (Lipinski definition) is 1. The van der Waals surface area contributed by atoms with Crippen molar-refractivity contribution in [2.45, 2.75) is 38.0 Å². The van der Waals surface area contributed by atoms with Crippen molar-refractivity contribution in [3.05, 3.63) is 14.7 Å². The number of sulfonamides is 1. The van der Waals surface area contributed by atoms with Gasteiger partial charge in [0.2, 0.25) is 10.0 Å². The number of aryl methyl sites for hydroxylation is 1. The fraction of sp³-hybridized carbons (Fsp3) is 0.636. The average molecular weight is 338 g/mol. The molecule has 96 valence electrons. The lowest BCUT2D eigenvalue weighted by Gasteiger charge is -2.38. The summed E-state index contributed by atoms with van der Waals surface area (Å²) in [6, 6.07) is 1.67. The summed E-state index contributed by atoms with van der Waals surface area (Å²) < 4.78 is 27.8. The minimum atomic E-state index is -3.35. The number of halogens is 1. The molecule has 1 saturated carbocycles. The van der Waals surface area contributed by atoms with Gasteiger partial charge in [-0.1, -0.05) is 13.3 Å². The van der Waals surface area contributed by atoms with Gasteiger partial charge in [-0.05, 0) is 47.2 Å². The summed E-state index contributed by atoms with van der Waals surface area (Å²) in [5.74, 6) is 0. The minimum Gasteiger partial charge on any atom is -0.211 e. The van der Waals surface area contributed by atoms with Crippen molar-refractivity contribution in [1.82, 2.24) is 4.72 Å². The first-order valence-electron chi connectivity index (χ1n) is 5.58. The molecule has 0 unspecified atom stereocenters. The van der Waals surface area contributed by atoms with E-state index in [2.05, 4.69) is 27.6 Å². The molecule has 0 aliphatic heterocycles. The summed E-state index contributed by atoms with van der Waals surface area (Å²) >= 11 is 4.76. The van der Waals surface area contributed by atoms with Gasteiger partial charge in [-0.2, -0.15) is 0 Å². The maximum Gasteiger partial charge on any atom is 0.241 e. The first-order chi connectivity index (χ1) is 7.82. The maximum atomic E-state index is 12.1. The molecule has 2 rings (SSSR count). The third kappa shape index (κ3) is 2.92. The third-order valence-corrected chi connectivity index (χ3v) is 6.59. The Hall–Kier alpha value is 0.0900. The Morgan fingerprint density at radius 2 is 2.18 bits per heavy atom. The SMILES string of the molecule is Cc1sc(Br)cc1S(=O)(=O)NCC1(C)CCC1. The van der Waals surface area contributed by atoms with Crippen LogP contribution in [0.15, 0.2) is 14.7 Å². The summed E-state index contributed by atoms with van der Waals surface area (Å²) in [6.45, 7) is 4.51. The zero-order chi connectivity index (χ0) is 12.7. The quantitative estimate of drug-likeness (QED) is 0.916. The highest BCUT2D eigenvalue weighted by molar-refractivity contribution is 9.11. The van der Waals surface area contributed by atoms with Gasteiger partial charge in [0.15, 0.2) is 0 Å². The maximum absolute atomic E-state index is 12.1. The molecule has 0 saturated heterocycles. The van der Waals surface area contributed by atoms with Gasteiger partial charge in [0, 0.05) is 11.4 Å². The van der Waals surface area contributed by atoms with Crippen LogP contribution < -0.4 is 4.72 Å². The highest BCUT2D eigenvalue weighted by Crippen LogP contribution is 2.40. The van der Waals surface area contributed by atoms with Crippen LogP contribution in [0.25, 0.3) is 0 Å². The van der Waals surface area contributed by atoms with E-state index >= 15 is 0 Å². The van der Waals surface area contributed by atoms with E-state index < -0.39 is 10.0 Å². The Balaban J connectivity index is 2.11. The van der Waals surface area contributed by atoms with E-state index in [-0.39, 0.29) is 5.41 Å². The Morgan fingerprint density at radius 1 is 1.53 bits per heavy atom. The van der Waals surface area contributed by atoms with Gasteiger partial charge in [-0.15, -0.1) is 11.3 Å². The number of rotatable bonds is 4. The molecule has 1 aliphatic rings. The Bertz CT molecular complexity index is 518. The number of nitrogens with one attached hydrogen (secondary N) is 1. The van der Waals surface area contributed by atoms with Gasteiger partial charge in [0.1, 0.15) is 0 Å². The number of hydrogen-bond acceptors (Lipinski definition) is 3. The second kappa shape index (κ2) is 4.64. The van der Waals surface area contributed by atoms with Crippen LogP contribution in [0.2, 0.25) is 0 Å². The molecular formula is C11H16BrNO2S2. The molecule has 1 aliphatic carbocycles. The Labute approximate surface area is 115 Å². The molecule has 1 N–H and O–H groups in total. The highest BCUT2D eigenvalue weighted by atomic mass is 79.9. The van der Waals surface area contributed by atoms with Gasteiger partial charge in [-0.3, -0.25) is 0 Å². The van der Waals surface area contributed by atoms with Gasteiger partial charge < -0.3 is 0 Å². The molecule has 6 heteroatoms. The molecular weight excluding hydrogens is 322 g/mol. The standard InChI is InChI=1S/C11H16BrNO2S2/c1-8-9(6-10(12)16-8)17(14,15)13-7-11(2)4-3-5-11/h6,13H,3-5,7H2,1-2H3. The predicted octanol–water partition coefficient (Wildman–Crippen LogP) is 3.29. The minimum absolute atomic E-state index is 0.161. The number of thiophene rings is 1. The van der Waals surface area contributed by atoms with Crippen molar-refractivity contribution in [2.75, 3.05) is 6.54 Å². The van der Waals surface area contributed by atoms with Gasteiger partial charge >= 0.3 is 0 Å². The lowest BCUT2D eigenvalue weighted by atomic mass is 9.71. The van der Waals surface area contributed by atoms with Crippen LogP contribution in [0.1, 0.15) is 31.1 Å². The average Bonchev–Trinajstić information content (AvgIpc) is 2.53. The van der Waals surface area contributed by atoms with E-state index in [0.29, 0.717) is 11.4 Å². The van der Waals surface area contributed by atoms with Crippen LogP contribution in [0.5, 0.6) is 0 Å². The van der Waals surface area contributed by atoms with Gasteiger partial charge in [0.05, 0.1) is 8.68 Å². The monoisotopic (exact) mass is 337 g/mol. The molecule has 0 spiro atoms. The topological polar surface area (TPSA) is 46.2 Å². The Kier molecular flexibility index (Phi) is 3.69. The lowest BCUT2D eigenvalue weighted by Crippen LogP contribution is -2.39. The van der Waals surface area contributed by atoms with Crippen LogP contribution in [0, 0.1) is 12.3 Å². The van der Waals surface area contributed by atoms with Crippen molar-refractivity contribution >= 4 is 37.3 Å². The fourth-order valence-electron chi connectivity index (χ4n) is 2.00. The van der Waals surface area contributed by atoms with Crippen LogP contribution in [-0.2, 0) is 10.0 Å². The van der Waals surface area contributed by atoms with Crippen molar-refractivity contribution in [2.24, 2.45) is 5.41 Å². The van der Waals surface area contributed by atoms with Crippen LogP contribution in [0.3, 0.4) is 0 Å². The second-order valence-electron chi connectivity index (χ2n) is 4.96. The molecule has 1 aromatic rings. The lowest BCUT2D eigenvalue weighted by molar-refractivity contribution is 0.166. The van der Waals surface area contributed by atoms with Crippen LogP contribution in [0.4, 0.5) is 0 Å². The highest BCUT2D eigenvalue weighted by Gasteiger charge is 2.33. The van der Waals surface area contributed by atoms with E-state index in [1.165, 1.54) is 17.8 Å². The molecule has 3 nitrogen and oxygen atoms in total. The van der Waals surface area contributed by atoms with Crippen LogP contribution >= 0.6 is 27.3 Å². The molecule has 0 amide bonds. The largest absolute Gasteiger partial charge is 0.241 e. The van der Waals surface area contributed by atoms with Crippen molar-refractivity contribution in [1.29, 1.82) is 0 Å². The van der Waals surface area contributed by atoms with Gasteiger partial charge in [-0.25, -0.2) is 13.1 Å². The summed E-state index contributed by atoms with van der Waals surface area (Å²) in [4.78, 5) is 1.22. The summed E-state index contributed by atoms with van der Waals surface area (Å²) in [6.07, 6.45) is 3.44. The van der Waals surface area contributed by atoms with E-state index in [1.807, 2.05) is 6.92 Å². The van der Waals surface area contributed by atoms with Gasteiger partial charge in [0.25, 0.3) is 0 Å². The molecule has 1 aromatic heterocycles. The molecule has 0 bridgehead atoms. The fourth-order valence-corrected chi connectivity index (χ4v) is 5.61. The van der Waals surface area contributed by atoms with Crippen LogP contribution in [-0.4, -0.2) is 15.0 Å². The molecule has 0 aromatic carbocycles. The van der Waals surface area contributed by atoms with E-state index in [4.69, 9.17) is 0 Å². The normalized spacial score (nSPS) is 19.0. The predicted molar refractivity (Wildman–Crippen MR) is 73.9 cm³/mol. The van der Waals surface area contributed by atoms with Crippen molar-refractivity contribution in [3.63, 3.8) is 0 Å². The second-order valence-corrected chi connectivity index (χ2v) is 9.33. The molecule has 0 atom stereocenters. The first-order valence-corrected chi connectivity index (χ1v) is 8.67. The molecule has 1 heterocycles. The summed E-state index contributed by atoms with van der Waals surface area (Å²) in [5, 5.41) is 0. The molecule has 17 heavy (non-hydrogen) atoms. The van der Waals surface area contributed by atoms with Crippen molar-refractivity contribution < 1.29 is 8.42 Å². The molecule has 0 radical (unpaired) electrons. The third-order valence-electron chi connectivity index (χ3n) is 3.38. The zero-order valence-corrected chi connectivity index (χ0v) is 13.1. The summed E-state index contributed by atoms with van der Waals surface area (Å²) in [7, 11) is -3.35. The molecule has 1 fully saturated rings. The van der Waals surface area contributed by atoms with E-state index in [9.17, 15) is 8.42 Å². The zero-order valence-electron chi connectivity index (χ0n) is 9.92. The smallest absolute Gasteiger partial charge is 0.211 e. The first kappa shape index (κ1) is 13.5. The van der Waals surface area contributed by atoms with E-state index in [1.54, 1.807) is 6.07 Å². The Morgan fingerprint density at radius 3 is 2.59 bits per heavy atom.